The maximum atomic E-state index is 11.9. The summed E-state index contributed by atoms with van der Waals surface area (Å²) >= 11 is 0. The Bertz CT molecular complexity index is 524. The highest BCUT2D eigenvalue weighted by molar-refractivity contribution is 5.67. The summed E-state index contributed by atoms with van der Waals surface area (Å²) in [6.45, 7) is 11.7. The minimum absolute atomic E-state index is 0.239. The van der Waals surface area contributed by atoms with Gasteiger partial charge in [-0.25, -0.2) is 4.79 Å². The topological polar surface area (TPSA) is 80.5 Å². The Morgan fingerprint density at radius 2 is 2.17 bits per heavy atom. The first-order valence-corrected chi connectivity index (χ1v) is 8.24. The lowest BCUT2D eigenvalue weighted by Crippen LogP contribution is -2.50. The largest absolute Gasteiger partial charge is 0.444 e. The number of rotatable bonds is 4. The van der Waals surface area contributed by atoms with Crippen LogP contribution in [0.2, 0.25) is 0 Å². The zero-order valence-corrected chi connectivity index (χ0v) is 14.8. The third-order valence-corrected chi connectivity index (χ3v) is 3.99. The quantitative estimate of drug-likeness (QED) is 0.916. The molecule has 0 unspecified atom stereocenters. The fourth-order valence-corrected chi connectivity index (χ4v) is 2.94. The normalized spacial score (nSPS) is 22.8. The van der Waals surface area contributed by atoms with Crippen LogP contribution in [0.4, 0.5) is 4.79 Å². The molecule has 0 aromatic carbocycles. The summed E-state index contributed by atoms with van der Waals surface area (Å²) in [6.07, 6.45) is 1.92. The Hall–Kier alpha value is -1.63. The van der Waals surface area contributed by atoms with Gasteiger partial charge in [0.15, 0.2) is 0 Å². The summed E-state index contributed by atoms with van der Waals surface area (Å²) in [5, 5.41) is 10.8. The molecule has 0 radical (unpaired) electrons. The van der Waals surface area contributed by atoms with Gasteiger partial charge in [0.25, 0.3) is 0 Å². The molecule has 23 heavy (non-hydrogen) atoms. The van der Waals surface area contributed by atoms with Gasteiger partial charge in [-0.05, 0) is 46.1 Å². The lowest BCUT2D eigenvalue weighted by molar-refractivity contribution is 0.0446. The number of aromatic nitrogens is 2. The fraction of sp³-hybridized carbons (Fsp3) is 0.812. The predicted molar refractivity (Wildman–Crippen MR) is 85.9 cm³/mol. The first kappa shape index (κ1) is 17.7. The molecule has 1 fully saturated rings. The SMILES string of the molecule is Cc1nnc(CN2CCC[C@@H](C)[C@@H]2CNC(=O)OC(C)(C)C)o1. The van der Waals surface area contributed by atoms with E-state index in [2.05, 4.69) is 27.3 Å². The van der Waals surface area contributed by atoms with Gasteiger partial charge in [0.2, 0.25) is 11.8 Å². The van der Waals surface area contributed by atoms with E-state index in [1.165, 1.54) is 0 Å². The van der Waals surface area contributed by atoms with E-state index in [9.17, 15) is 4.79 Å². The zero-order valence-electron chi connectivity index (χ0n) is 14.8. The summed E-state index contributed by atoms with van der Waals surface area (Å²) in [6, 6.07) is 0.239. The molecule has 1 aliphatic heterocycles. The van der Waals surface area contributed by atoms with Crippen LogP contribution in [0, 0.1) is 12.8 Å². The van der Waals surface area contributed by atoms with E-state index in [0.29, 0.717) is 30.8 Å². The van der Waals surface area contributed by atoms with E-state index < -0.39 is 5.60 Å². The summed E-state index contributed by atoms with van der Waals surface area (Å²) in [7, 11) is 0. The molecule has 1 aliphatic rings. The molecule has 1 N–H and O–H groups in total. The average molecular weight is 324 g/mol. The summed E-state index contributed by atoms with van der Waals surface area (Å²) in [4.78, 5) is 14.2. The van der Waals surface area contributed by atoms with Crippen LogP contribution in [0.25, 0.3) is 0 Å². The van der Waals surface area contributed by atoms with Crippen molar-refractivity contribution in [2.24, 2.45) is 5.92 Å². The van der Waals surface area contributed by atoms with E-state index in [1.807, 2.05) is 20.8 Å². The molecule has 1 saturated heterocycles. The number of likely N-dealkylation sites (tertiary alicyclic amines) is 1. The minimum atomic E-state index is -0.483. The Morgan fingerprint density at radius 3 is 2.78 bits per heavy atom. The molecule has 1 aromatic heterocycles. The van der Waals surface area contributed by atoms with Crippen molar-refractivity contribution in [3.8, 4) is 0 Å². The predicted octanol–water partition coefficient (Wildman–Crippen LogP) is 2.50. The van der Waals surface area contributed by atoms with Crippen LogP contribution in [-0.2, 0) is 11.3 Å². The second-order valence-corrected chi connectivity index (χ2v) is 7.25. The summed E-state index contributed by atoms with van der Waals surface area (Å²) in [5.74, 6) is 1.69. The number of carbonyl (C=O) groups is 1. The molecule has 0 bridgehead atoms. The van der Waals surface area contributed by atoms with Crippen molar-refractivity contribution in [3.05, 3.63) is 11.8 Å². The van der Waals surface area contributed by atoms with E-state index in [-0.39, 0.29) is 12.1 Å². The first-order chi connectivity index (χ1) is 10.7. The Kier molecular flexibility index (Phi) is 5.62. The fourth-order valence-electron chi connectivity index (χ4n) is 2.94. The van der Waals surface area contributed by atoms with Crippen molar-refractivity contribution >= 4 is 6.09 Å². The summed E-state index contributed by atoms with van der Waals surface area (Å²) in [5.41, 5.74) is -0.483. The molecule has 0 spiro atoms. The first-order valence-electron chi connectivity index (χ1n) is 8.24. The molecule has 7 nitrogen and oxygen atoms in total. The van der Waals surface area contributed by atoms with Gasteiger partial charge >= 0.3 is 6.09 Å². The van der Waals surface area contributed by atoms with Gasteiger partial charge in [-0.2, -0.15) is 0 Å². The van der Waals surface area contributed by atoms with Crippen LogP contribution in [0.5, 0.6) is 0 Å². The maximum Gasteiger partial charge on any atom is 0.407 e. The van der Waals surface area contributed by atoms with Crippen LogP contribution in [0.3, 0.4) is 0 Å². The molecule has 2 atom stereocenters. The number of amides is 1. The molecule has 7 heteroatoms. The number of hydrogen-bond donors (Lipinski definition) is 1. The molecule has 2 rings (SSSR count). The summed E-state index contributed by atoms with van der Waals surface area (Å²) < 4.78 is 10.8. The van der Waals surface area contributed by atoms with Crippen molar-refractivity contribution in [2.75, 3.05) is 13.1 Å². The number of ether oxygens (including phenoxy) is 1. The van der Waals surface area contributed by atoms with Crippen LogP contribution in [0.15, 0.2) is 4.42 Å². The monoisotopic (exact) mass is 324 g/mol. The van der Waals surface area contributed by atoms with Gasteiger partial charge in [0.1, 0.15) is 5.60 Å². The van der Waals surface area contributed by atoms with Gasteiger partial charge < -0.3 is 14.5 Å². The minimum Gasteiger partial charge on any atom is -0.444 e. The number of piperidine rings is 1. The second-order valence-electron chi connectivity index (χ2n) is 7.25. The van der Waals surface area contributed by atoms with Crippen LogP contribution in [0.1, 0.15) is 52.3 Å². The van der Waals surface area contributed by atoms with Crippen molar-refractivity contribution in [2.45, 2.75) is 65.6 Å². The number of alkyl carbamates (subject to hydrolysis) is 1. The zero-order chi connectivity index (χ0) is 17.0. The number of nitrogens with zero attached hydrogens (tertiary/aromatic N) is 3. The molecule has 0 aliphatic carbocycles. The average Bonchev–Trinajstić information content (AvgIpc) is 2.81. The Balaban J connectivity index is 1.93. The van der Waals surface area contributed by atoms with Crippen molar-refractivity contribution < 1.29 is 13.9 Å². The third-order valence-electron chi connectivity index (χ3n) is 3.99. The molecule has 130 valence electrons. The van der Waals surface area contributed by atoms with Crippen LogP contribution >= 0.6 is 0 Å². The van der Waals surface area contributed by atoms with E-state index in [0.717, 1.165) is 19.4 Å². The van der Waals surface area contributed by atoms with Gasteiger partial charge in [-0.3, -0.25) is 4.90 Å². The van der Waals surface area contributed by atoms with E-state index in [4.69, 9.17) is 9.15 Å². The number of aryl methyl sites for hydroxylation is 1. The molecule has 2 heterocycles. The van der Waals surface area contributed by atoms with Crippen LogP contribution in [-0.4, -0.2) is 45.9 Å². The molecule has 1 amide bonds. The lowest BCUT2D eigenvalue weighted by Gasteiger charge is -2.39. The molecule has 1 aromatic rings. The second kappa shape index (κ2) is 7.29. The Labute approximate surface area is 137 Å². The van der Waals surface area contributed by atoms with Gasteiger partial charge in [-0.15, -0.1) is 10.2 Å². The molecular formula is C16H28N4O3. The lowest BCUT2D eigenvalue weighted by atomic mass is 9.90. The number of nitrogens with one attached hydrogen (secondary N) is 1. The highest BCUT2D eigenvalue weighted by Crippen LogP contribution is 2.24. The van der Waals surface area contributed by atoms with Crippen molar-refractivity contribution in [1.29, 1.82) is 0 Å². The van der Waals surface area contributed by atoms with Crippen LogP contribution < -0.4 is 5.32 Å². The molecule has 0 saturated carbocycles. The van der Waals surface area contributed by atoms with Crippen molar-refractivity contribution in [1.82, 2.24) is 20.4 Å². The van der Waals surface area contributed by atoms with Crippen molar-refractivity contribution in [3.63, 3.8) is 0 Å². The number of hydrogen-bond acceptors (Lipinski definition) is 6. The van der Waals surface area contributed by atoms with E-state index >= 15 is 0 Å². The van der Waals surface area contributed by atoms with Gasteiger partial charge in [0.05, 0.1) is 6.54 Å². The maximum absolute atomic E-state index is 11.9. The Morgan fingerprint density at radius 1 is 1.43 bits per heavy atom. The van der Waals surface area contributed by atoms with Gasteiger partial charge in [-0.1, -0.05) is 6.92 Å². The third kappa shape index (κ3) is 5.49. The standard InChI is InChI=1S/C16H28N4O3/c1-11-7-6-8-20(10-14-19-18-12(2)22-14)13(11)9-17-15(21)23-16(3,4)5/h11,13H,6-10H2,1-5H3,(H,17,21)/t11-,13+/m1/s1. The highest BCUT2D eigenvalue weighted by atomic mass is 16.6. The molecular weight excluding hydrogens is 296 g/mol. The van der Waals surface area contributed by atoms with Gasteiger partial charge in [0, 0.05) is 19.5 Å². The number of carbonyl (C=O) groups excluding carboxylic acids is 1. The highest BCUT2D eigenvalue weighted by Gasteiger charge is 2.30. The smallest absolute Gasteiger partial charge is 0.407 e. The van der Waals surface area contributed by atoms with E-state index in [1.54, 1.807) is 6.92 Å².